The van der Waals surface area contributed by atoms with Gasteiger partial charge in [-0.1, -0.05) is 36.4 Å². The summed E-state index contributed by atoms with van der Waals surface area (Å²) in [5.74, 6) is 0. The van der Waals surface area contributed by atoms with Gasteiger partial charge in [-0.05, 0) is 6.92 Å². The lowest BCUT2D eigenvalue weighted by molar-refractivity contribution is 1.19. The van der Waals surface area contributed by atoms with Gasteiger partial charge in [-0.2, -0.15) is 0 Å². The predicted molar refractivity (Wildman–Crippen MR) is 66.2 cm³/mol. The van der Waals surface area contributed by atoms with E-state index < -0.39 is 0 Å². The van der Waals surface area contributed by atoms with Gasteiger partial charge in [0.2, 0.25) is 0 Å². The van der Waals surface area contributed by atoms with Crippen LogP contribution in [0.4, 0.5) is 0 Å². The molecule has 0 saturated carbocycles. The second-order valence-electron chi connectivity index (χ2n) is 3.39. The van der Waals surface area contributed by atoms with E-state index in [1.165, 1.54) is 10.4 Å². The van der Waals surface area contributed by atoms with Gasteiger partial charge in [0.05, 0.1) is 5.69 Å². The van der Waals surface area contributed by atoms with Crippen LogP contribution in [-0.2, 0) is 6.42 Å². The van der Waals surface area contributed by atoms with Crippen molar-refractivity contribution >= 4 is 11.3 Å². The minimum Gasteiger partial charge on any atom is -0.241 e. The summed E-state index contributed by atoms with van der Waals surface area (Å²) in [5.41, 5.74) is 2.32. The lowest BCUT2D eigenvalue weighted by atomic mass is 10.2. The van der Waals surface area contributed by atoms with E-state index in [1.54, 1.807) is 11.3 Å². The zero-order valence-corrected chi connectivity index (χ0v) is 9.55. The number of hydrogen-bond acceptors (Lipinski definition) is 2. The molecule has 1 heterocycles. The van der Waals surface area contributed by atoms with Gasteiger partial charge in [0.25, 0.3) is 0 Å². The number of thiazole rings is 1. The first-order chi connectivity index (χ1) is 7.31. The van der Waals surface area contributed by atoms with Crippen molar-refractivity contribution in [1.29, 1.82) is 0 Å². The summed E-state index contributed by atoms with van der Waals surface area (Å²) in [7, 11) is 0. The number of hydrogen-bond donors (Lipinski definition) is 0. The van der Waals surface area contributed by atoms with Gasteiger partial charge in [-0.25, -0.2) is 4.98 Å². The van der Waals surface area contributed by atoms with E-state index in [0.29, 0.717) is 0 Å². The van der Waals surface area contributed by atoms with Gasteiger partial charge in [0.15, 0.2) is 0 Å². The van der Waals surface area contributed by atoms with Crippen LogP contribution in [0.25, 0.3) is 10.6 Å². The van der Waals surface area contributed by atoms with Crippen LogP contribution >= 0.6 is 11.3 Å². The maximum atomic E-state index is 4.57. The monoisotopic (exact) mass is 215 g/mol. The summed E-state index contributed by atoms with van der Waals surface area (Å²) in [6.45, 7) is 5.82. The number of rotatable bonds is 3. The second kappa shape index (κ2) is 4.41. The molecule has 0 amide bonds. The summed E-state index contributed by atoms with van der Waals surface area (Å²) < 4.78 is 0. The van der Waals surface area contributed by atoms with Gasteiger partial charge in [0.1, 0.15) is 5.01 Å². The Balaban J connectivity index is 2.38. The Bertz CT molecular complexity index is 457. The first-order valence-corrected chi connectivity index (χ1v) is 5.75. The fourth-order valence-electron chi connectivity index (χ4n) is 1.45. The highest BCUT2D eigenvalue weighted by Gasteiger charge is 2.07. The summed E-state index contributed by atoms with van der Waals surface area (Å²) in [6.07, 6.45) is 2.84. The summed E-state index contributed by atoms with van der Waals surface area (Å²) >= 11 is 1.75. The molecule has 1 nitrogen and oxygen atoms in total. The second-order valence-corrected chi connectivity index (χ2v) is 4.47. The molecule has 0 aliphatic carbocycles. The molecule has 2 aromatic rings. The van der Waals surface area contributed by atoms with Crippen LogP contribution in [0.15, 0.2) is 43.0 Å². The molecule has 1 aromatic heterocycles. The number of benzene rings is 1. The minimum atomic E-state index is 0.913. The predicted octanol–water partition coefficient (Wildman–Crippen LogP) is 3.85. The Kier molecular flexibility index (Phi) is 2.97. The molecule has 0 fully saturated rings. The Morgan fingerprint density at radius 3 is 2.73 bits per heavy atom. The molecular formula is C13H13NS. The smallest absolute Gasteiger partial charge is 0.123 e. The van der Waals surface area contributed by atoms with E-state index in [9.17, 15) is 0 Å². The molecule has 15 heavy (non-hydrogen) atoms. The van der Waals surface area contributed by atoms with Crippen LogP contribution in [0.1, 0.15) is 10.6 Å². The van der Waals surface area contributed by atoms with Crippen LogP contribution in [-0.4, -0.2) is 4.98 Å². The van der Waals surface area contributed by atoms with E-state index in [0.717, 1.165) is 17.1 Å². The van der Waals surface area contributed by atoms with Crippen molar-refractivity contribution in [3.8, 4) is 10.6 Å². The van der Waals surface area contributed by atoms with Gasteiger partial charge in [-0.3, -0.25) is 0 Å². The van der Waals surface area contributed by atoms with Crippen LogP contribution in [0.5, 0.6) is 0 Å². The van der Waals surface area contributed by atoms with E-state index >= 15 is 0 Å². The number of aromatic nitrogens is 1. The molecule has 0 aliphatic heterocycles. The zero-order chi connectivity index (χ0) is 10.7. The number of allylic oxidation sites excluding steroid dienone is 1. The van der Waals surface area contributed by atoms with Gasteiger partial charge >= 0.3 is 0 Å². The third-order valence-electron chi connectivity index (χ3n) is 2.24. The topological polar surface area (TPSA) is 12.9 Å². The molecule has 0 radical (unpaired) electrons. The molecule has 2 rings (SSSR count). The van der Waals surface area contributed by atoms with Crippen molar-refractivity contribution in [2.45, 2.75) is 13.3 Å². The quantitative estimate of drug-likeness (QED) is 0.709. The van der Waals surface area contributed by atoms with Crippen molar-refractivity contribution < 1.29 is 0 Å². The maximum Gasteiger partial charge on any atom is 0.123 e. The Hall–Kier alpha value is -1.41. The molecule has 0 saturated heterocycles. The Morgan fingerprint density at radius 1 is 1.33 bits per heavy atom. The Labute approximate surface area is 94.1 Å². The molecule has 0 atom stereocenters. The molecule has 76 valence electrons. The van der Waals surface area contributed by atoms with Crippen LogP contribution in [0.2, 0.25) is 0 Å². The van der Waals surface area contributed by atoms with E-state index in [-0.39, 0.29) is 0 Å². The van der Waals surface area contributed by atoms with Crippen molar-refractivity contribution in [3.05, 3.63) is 53.6 Å². The van der Waals surface area contributed by atoms with Crippen LogP contribution in [0.3, 0.4) is 0 Å². The van der Waals surface area contributed by atoms with Gasteiger partial charge in [0, 0.05) is 16.9 Å². The normalized spacial score (nSPS) is 10.2. The van der Waals surface area contributed by atoms with E-state index in [2.05, 4.69) is 30.6 Å². The number of nitrogens with zero attached hydrogens (tertiary/aromatic N) is 1. The maximum absolute atomic E-state index is 4.57. The minimum absolute atomic E-state index is 0.913. The van der Waals surface area contributed by atoms with Crippen molar-refractivity contribution in [2.24, 2.45) is 0 Å². The van der Waals surface area contributed by atoms with E-state index in [1.807, 2.05) is 24.3 Å². The first-order valence-electron chi connectivity index (χ1n) is 4.94. The average molecular weight is 215 g/mol. The molecule has 1 aromatic carbocycles. The largest absolute Gasteiger partial charge is 0.241 e. The Morgan fingerprint density at radius 2 is 2.07 bits per heavy atom. The first kappa shape index (κ1) is 10.1. The standard InChI is InChI=1S/C13H13NS/c1-3-7-12-10(2)14-13(15-12)11-8-5-4-6-9-11/h3-6,8-9H,1,7H2,2H3. The van der Waals surface area contributed by atoms with Crippen molar-refractivity contribution in [1.82, 2.24) is 4.98 Å². The third kappa shape index (κ3) is 2.16. The van der Waals surface area contributed by atoms with Gasteiger partial charge < -0.3 is 0 Å². The molecular weight excluding hydrogens is 202 g/mol. The fourth-order valence-corrected chi connectivity index (χ4v) is 2.52. The molecule has 0 N–H and O–H groups in total. The van der Waals surface area contributed by atoms with Crippen LogP contribution in [0, 0.1) is 6.92 Å². The SMILES string of the molecule is C=CCc1sc(-c2ccccc2)nc1C. The zero-order valence-electron chi connectivity index (χ0n) is 8.73. The summed E-state index contributed by atoms with van der Waals surface area (Å²) in [5, 5.41) is 1.10. The number of aryl methyl sites for hydroxylation is 1. The molecule has 0 unspecified atom stereocenters. The summed E-state index contributed by atoms with van der Waals surface area (Å²) in [6, 6.07) is 10.3. The molecule has 0 bridgehead atoms. The van der Waals surface area contributed by atoms with Crippen molar-refractivity contribution in [3.63, 3.8) is 0 Å². The third-order valence-corrected chi connectivity index (χ3v) is 3.47. The fraction of sp³-hybridized carbons (Fsp3) is 0.154. The molecule has 0 spiro atoms. The summed E-state index contributed by atoms with van der Waals surface area (Å²) in [4.78, 5) is 5.88. The van der Waals surface area contributed by atoms with Gasteiger partial charge in [-0.15, -0.1) is 17.9 Å². The molecule has 0 aliphatic rings. The average Bonchev–Trinajstić information content (AvgIpc) is 2.63. The van der Waals surface area contributed by atoms with Crippen LogP contribution < -0.4 is 0 Å². The molecule has 2 heteroatoms. The highest BCUT2D eigenvalue weighted by molar-refractivity contribution is 7.15. The highest BCUT2D eigenvalue weighted by Crippen LogP contribution is 2.27. The van der Waals surface area contributed by atoms with E-state index in [4.69, 9.17) is 0 Å². The highest BCUT2D eigenvalue weighted by atomic mass is 32.1. The van der Waals surface area contributed by atoms with Crippen molar-refractivity contribution in [2.75, 3.05) is 0 Å². The lowest BCUT2D eigenvalue weighted by Crippen LogP contribution is -1.79. The lowest BCUT2D eigenvalue weighted by Gasteiger charge is -1.92.